The SMILES string of the molecule is CCn1nnnc1COc1ccc(C(=O)N(C)Cc2ccc(OC)cc2)cc1. The summed E-state index contributed by atoms with van der Waals surface area (Å²) in [5.41, 5.74) is 1.63. The van der Waals surface area contributed by atoms with Crippen molar-refractivity contribution in [1.29, 1.82) is 0 Å². The Morgan fingerprint density at radius 1 is 1.07 bits per heavy atom. The molecule has 8 nitrogen and oxygen atoms in total. The third-order valence-electron chi connectivity index (χ3n) is 4.30. The number of tetrazole rings is 1. The number of hydrogen-bond donors (Lipinski definition) is 0. The molecule has 1 aromatic heterocycles. The van der Waals surface area contributed by atoms with Gasteiger partial charge < -0.3 is 14.4 Å². The van der Waals surface area contributed by atoms with E-state index in [9.17, 15) is 4.79 Å². The first-order valence-electron chi connectivity index (χ1n) is 8.97. The maximum atomic E-state index is 12.6. The monoisotopic (exact) mass is 381 g/mol. The van der Waals surface area contributed by atoms with E-state index >= 15 is 0 Å². The molecule has 1 heterocycles. The number of aryl methyl sites for hydroxylation is 1. The fraction of sp³-hybridized carbons (Fsp3) is 0.300. The van der Waals surface area contributed by atoms with Crippen LogP contribution in [0.15, 0.2) is 48.5 Å². The molecule has 28 heavy (non-hydrogen) atoms. The average Bonchev–Trinajstić information content (AvgIpc) is 3.20. The molecule has 146 valence electrons. The number of carbonyl (C=O) groups excluding carboxylic acids is 1. The quantitative estimate of drug-likeness (QED) is 0.596. The highest BCUT2D eigenvalue weighted by molar-refractivity contribution is 5.94. The lowest BCUT2D eigenvalue weighted by Gasteiger charge is -2.18. The van der Waals surface area contributed by atoms with Gasteiger partial charge in [0.25, 0.3) is 5.91 Å². The molecule has 1 amide bonds. The second-order valence-electron chi connectivity index (χ2n) is 6.23. The van der Waals surface area contributed by atoms with E-state index in [0.717, 1.165) is 11.3 Å². The van der Waals surface area contributed by atoms with Gasteiger partial charge in [0.1, 0.15) is 18.1 Å². The lowest BCUT2D eigenvalue weighted by atomic mass is 10.1. The Kier molecular flexibility index (Phi) is 6.21. The first-order chi connectivity index (χ1) is 13.6. The van der Waals surface area contributed by atoms with E-state index < -0.39 is 0 Å². The molecule has 3 aromatic rings. The van der Waals surface area contributed by atoms with Crippen LogP contribution in [-0.2, 0) is 19.7 Å². The highest BCUT2D eigenvalue weighted by Crippen LogP contribution is 2.17. The minimum absolute atomic E-state index is 0.0581. The number of benzene rings is 2. The van der Waals surface area contributed by atoms with Gasteiger partial charge in [-0.2, -0.15) is 0 Å². The van der Waals surface area contributed by atoms with Gasteiger partial charge in [-0.3, -0.25) is 4.79 Å². The molecule has 0 aliphatic rings. The van der Waals surface area contributed by atoms with Gasteiger partial charge in [0, 0.05) is 25.7 Å². The van der Waals surface area contributed by atoms with Gasteiger partial charge >= 0.3 is 0 Å². The summed E-state index contributed by atoms with van der Waals surface area (Å²) in [7, 11) is 3.41. The standard InChI is InChI=1S/C20H23N5O3/c1-4-25-19(21-22-23-25)14-28-18-11-7-16(8-12-18)20(26)24(2)13-15-5-9-17(27-3)10-6-15/h5-12H,4,13-14H2,1-3H3. The van der Waals surface area contributed by atoms with Crippen LogP contribution in [0, 0.1) is 0 Å². The Hall–Kier alpha value is -3.42. The predicted molar refractivity (Wildman–Crippen MR) is 103 cm³/mol. The summed E-state index contributed by atoms with van der Waals surface area (Å²) in [6.07, 6.45) is 0. The maximum Gasteiger partial charge on any atom is 0.253 e. The first-order valence-corrected chi connectivity index (χ1v) is 8.97. The third kappa shape index (κ3) is 4.64. The summed E-state index contributed by atoms with van der Waals surface area (Å²) < 4.78 is 12.5. The average molecular weight is 381 g/mol. The summed E-state index contributed by atoms with van der Waals surface area (Å²) in [5.74, 6) is 2.04. The van der Waals surface area contributed by atoms with E-state index in [-0.39, 0.29) is 12.5 Å². The van der Waals surface area contributed by atoms with Gasteiger partial charge in [-0.1, -0.05) is 12.1 Å². The van der Waals surface area contributed by atoms with Crippen LogP contribution in [0.3, 0.4) is 0 Å². The van der Waals surface area contributed by atoms with Crippen molar-refractivity contribution in [3.05, 3.63) is 65.5 Å². The van der Waals surface area contributed by atoms with Crippen LogP contribution in [0.5, 0.6) is 11.5 Å². The molecular formula is C20H23N5O3. The van der Waals surface area contributed by atoms with Crippen molar-refractivity contribution in [1.82, 2.24) is 25.1 Å². The van der Waals surface area contributed by atoms with Crippen molar-refractivity contribution in [3.8, 4) is 11.5 Å². The van der Waals surface area contributed by atoms with Gasteiger partial charge in [-0.05, 0) is 59.3 Å². The second kappa shape index (κ2) is 8.98. The fourth-order valence-electron chi connectivity index (χ4n) is 2.71. The van der Waals surface area contributed by atoms with Gasteiger partial charge in [-0.25, -0.2) is 4.68 Å². The Balaban J connectivity index is 1.57. The van der Waals surface area contributed by atoms with Crippen molar-refractivity contribution in [2.75, 3.05) is 14.2 Å². The van der Waals surface area contributed by atoms with Crippen LogP contribution >= 0.6 is 0 Å². The molecule has 0 spiro atoms. The summed E-state index contributed by atoms with van der Waals surface area (Å²) in [6.45, 7) is 3.43. The Bertz CT molecular complexity index is 906. The molecule has 0 fully saturated rings. The van der Waals surface area contributed by atoms with Gasteiger partial charge in [0.2, 0.25) is 0 Å². The lowest BCUT2D eigenvalue weighted by Crippen LogP contribution is -2.26. The highest BCUT2D eigenvalue weighted by atomic mass is 16.5. The van der Waals surface area contributed by atoms with Gasteiger partial charge in [0.15, 0.2) is 5.82 Å². The number of methoxy groups -OCH3 is 1. The molecule has 0 radical (unpaired) electrons. The first kappa shape index (κ1) is 19.3. The highest BCUT2D eigenvalue weighted by Gasteiger charge is 2.13. The largest absolute Gasteiger partial charge is 0.497 e. The molecule has 0 saturated heterocycles. The Morgan fingerprint density at radius 2 is 1.75 bits per heavy atom. The number of nitrogens with zero attached hydrogens (tertiary/aromatic N) is 5. The van der Waals surface area contributed by atoms with E-state index in [2.05, 4.69) is 15.5 Å². The molecule has 0 unspecified atom stereocenters. The lowest BCUT2D eigenvalue weighted by molar-refractivity contribution is 0.0785. The molecule has 0 aliphatic carbocycles. The zero-order chi connectivity index (χ0) is 19.9. The number of carbonyl (C=O) groups is 1. The Labute approximate surface area is 163 Å². The summed E-state index contributed by atoms with van der Waals surface area (Å²) in [5, 5.41) is 11.4. The van der Waals surface area contributed by atoms with E-state index in [0.29, 0.717) is 30.2 Å². The van der Waals surface area contributed by atoms with Crippen LogP contribution in [0.25, 0.3) is 0 Å². The Morgan fingerprint density at radius 3 is 2.39 bits per heavy atom. The van der Waals surface area contributed by atoms with Crippen molar-refractivity contribution >= 4 is 5.91 Å². The smallest absolute Gasteiger partial charge is 0.253 e. The topological polar surface area (TPSA) is 82.4 Å². The zero-order valence-corrected chi connectivity index (χ0v) is 16.2. The predicted octanol–water partition coefficient (Wildman–Crippen LogP) is 2.55. The number of hydrogen-bond acceptors (Lipinski definition) is 6. The van der Waals surface area contributed by atoms with E-state index in [1.165, 1.54) is 0 Å². The van der Waals surface area contributed by atoms with Crippen LogP contribution in [0.4, 0.5) is 0 Å². The summed E-state index contributed by atoms with van der Waals surface area (Å²) in [6, 6.07) is 14.7. The zero-order valence-electron chi connectivity index (χ0n) is 16.2. The van der Waals surface area contributed by atoms with Crippen LogP contribution in [0.1, 0.15) is 28.7 Å². The molecule has 0 aliphatic heterocycles. The van der Waals surface area contributed by atoms with Crippen molar-refractivity contribution < 1.29 is 14.3 Å². The molecule has 2 aromatic carbocycles. The minimum atomic E-state index is -0.0581. The van der Waals surface area contributed by atoms with Crippen molar-refractivity contribution in [3.63, 3.8) is 0 Å². The van der Waals surface area contributed by atoms with Crippen LogP contribution in [-0.4, -0.2) is 45.2 Å². The van der Waals surface area contributed by atoms with Gasteiger partial charge in [0.05, 0.1) is 7.11 Å². The molecule has 0 N–H and O–H groups in total. The molecular weight excluding hydrogens is 358 g/mol. The number of rotatable bonds is 8. The van der Waals surface area contributed by atoms with Crippen LogP contribution < -0.4 is 9.47 Å². The second-order valence-corrected chi connectivity index (χ2v) is 6.23. The molecule has 3 rings (SSSR count). The number of amides is 1. The fourth-order valence-corrected chi connectivity index (χ4v) is 2.71. The van der Waals surface area contributed by atoms with Crippen molar-refractivity contribution in [2.24, 2.45) is 0 Å². The summed E-state index contributed by atoms with van der Waals surface area (Å²) >= 11 is 0. The maximum absolute atomic E-state index is 12.6. The van der Waals surface area contributed by atoms with Gasteiger partial charge in [-0.15, -0.1) is 5.10 Å². The van der Waals surface area contributed by atoms with Crippen molar-refractivity contribution in [2.45, 2.75) is 26.6 Å². The van der Waals surface area contributed by atoms with E-state index in [1.54, 1.807) is 48.0 Å². The normalized spacial score (nSPS) is 10.5. The minimum Gasteiger partial charge on any atom is -0.497 e. The van der Waals surface area contributed by atoms with Crippen LogP contribution in [0.2, 0.25) is 0 Å². The number of ether oxygens (including phenoxy) is 2. The number of aromatic nitrogens is 4. The van der Waals surface area contributed by atoms with E-state index in [1.807, 2.05) is 31.2 Å². The summed E-state index contributed by atoms with van der Waals surface area (Å²) in [4.78, 5) is 14.3. The molecule has 0 saturated carbocycles. The van der Waals surface area contributed by atoms with E-state index in [4.69, 9.17) is 9.47 Å². The third-order valence-corrected chi connectivity index (χ3v) is 4.30. The molecule has 8 heteroatoms. The molecule has 0 bridgehead atoms. The molecule has 0 atom stereocenters.